The predicted molar refractivity (Wildman–Crippen MR) is 159 cm³/mol. The normalized spacial score (nSPS) is 12.2. The van der Waals surface area contributed by atoms with E-state index in [1.54, 1.807) is 69.3 Å². The van der Waals surface area contributed by atoms with Crippen LogP contribution in [0.15, 0.2) is 91.0 Å². The van der Waals surface area contributed by atoms with E-state index in [0.717, 1.165) is 11.1 Å². The summed E-state index contributed by atoms with van der Waals surface area (Å²) in [6.45, 7) is 5.24. The summed E-state index contributed by atoms with van der Waals surface area (Å²) in [5, 5.41) is 14.8. The fourth-order valence-electron chi connectivity index (χ4n) is 3.67. The van der Waals surface area contributed by atoms with Crippen molar-refractivity contribution in [2.24, 2.45) is 0 Å². The second kappa shape index (κ2) is 14.4. The lowest BCUT2D eigenvalue weighted by molar-refractivity contribution is -0.122. The Hall–Kier alpha value is -4.98. The van der Waals surface area contributed by atoms with Crippen molar-refractivity contribution >= 4 is 41.4 Å². The van der Waals surface area contributed by atoms with Gasteiger partial charge in [-0.25, -0.2) is 4.79 Å². The molecule has 3 rings (SSSR count). The molecule has 1 atom stereocenters. The average Bonchev–Trinajstić information content (AvgIpc) is 2.91. The first-order valence-corrected chi connectivity index (χ1v) is 13.1. The van der Waals surface area contributed by atoms with Crippen molar-refractivity contribution < 1.29 is 29.0 Å². The van der Waals surface area contributed by atoms with Crippen LogP contribution in [0.5, 0.6) is 5.75 Å². The number of aromatic hydroxyl groups is 1. The molecule has 0 unspecified atom stereocenters. The highest BCUT2D eigenvalue weighted by Crippen LogP contribution is 2.14. The molecule has 0 saturated heterocycles. The zero-order valence-electron chi connectivity index (χ0n) is 23.3. The highest BCUT2D eigenvalue weighted by molar-refractivity contribution is 6.10. The Morgan fingerprint density at radius 1 is 0.805 bits per heavy atom. The minimum Gasteiger partial charge on any atom is -0.508 e. The lowest BCUT2D eigenvalue weighted by Crippen LogP contribution is -2.47. The number of benzene rings is 3. The molecule has 0 aromatic heterocycles. The van der Waals surface area contributed by atoms with E-state index in [1.807, 2.05) is 30.3 Å². The quantitative estimate of drug-likeness (QED) is 0.206. The fourth-order valence-corrected chi connectivity index (χ4v) is 3.67. The van der Waals surface area contributed by atoms with Gasteiger partial charge in [0.05, 0.1) is 6.42 Å². The molecule has 0 aliphatic carbocycles. The second-order valence-corrected chi connectivity index (χ2v) is 10.4. The molecule has 0 spiro atoms. The summed E-state index contributed by atoms with van der Waals surface area (Å²) in [5.41, 5.74) is 2.12. The summed E-state index contributed by atoms with van der Waals surface area (Å²) in [6.07, 6.45) is 5.16. The minimum absolute atomic E-state index is 0.131. The molecule has 41 heavy (non-hydrogen) atoms. The van der Waals surface area contributed by atoms with E-state index in [9.17, 15) is 24.3 Å². The van der Waals surface area contributed by atoms with Crippen LogP contribution in [-0.2, 0) is 25.5 Å². The lowest BCUT2D eigenvalue weighted by atomic mass is 10.1. The Bertz CT molecular complexity index is 1400. The van der Waals surface area contributed by atoms with Crippen molar-refractivity contribution in [2.75, 3.05) is 5.32 Å². The molecule has 8 nitrogen and oxygen atoms in total. The Kier molecular flexibility index (Phi) is 10.7. The van der Waals surface area contributed by atoms with E-state index in [-0.39, 0.29) is 30.2 Å². The van der Waals surface area contributed by atoms with E-state index in [0.29, 0.717) is 11.3 Å². The van der Waals surface area contributed by atoms with Gasteiger partial charge in [0.25, 0.3) is 0 Å². The second-order valence-electron chi connectivity index (χ2n) is 10.4. The van der Waals surface area contributed by atoms with Gasteiger partial charge in [-0.3, -0.25) is 14.4 Å². The van der Waals surface area contributed by atoms with E-state index >= 15 is 0 Å². The van der Waals surface area contributed by atoms with Crippen molar-refractivity contribution in [2.45, 2.75) is 45.3 Å². The maximum Gasteiger partial charge on any atom is 0.408 e. The third kappa shape index (κ3) is 11.3. The van der Waals surface area contributed by atoms with Gasteiger partial charge in [0.15, 0.2) is 11.6 Å². The van der Waals surface area contributed by atoms with Crippen LogP contribution < -0.4 is 10.6 Å². The number of phenols is 1. The van der Waals surface area contributed by atoms with E-state index in [2.05, 4.69) is 10.6 Å². The molecule has 0 saturated carbocycles. The molecule has 0 bridgehead atoms. The first-order valence-electron chi connectivity index (χ1n) is 13.1. The third-order valence-corrected chi connectivity index (χ3v) is 5.63. The van der Waals surface area contributed by atoms with Crippen LogP contribution in [0.4, 0.5) is 10.5 Å². The van der Waals surface area contributed by atoms with Gasteiger partial charge >= 0.3 is 6.09 Å². The van der Waals surface area contributed by atoms with Gasteiger partial charge in [0.2, 0.25) is 5.91 Å². The maximum absolute atomic E-state index is 13.1. The summed E-state index contributed by atoms with van der Waals surface area (Å²) in [4.78, 5) is 49.8. The number of carbonyl (C=O) groups is 4. The van der Waals surface area contributed by atoms with Gasteiger partial charge < -0.3 is 20.5 Å². The standard InChI is InChI=1S/C33H34N2O6/c1-33(2,3)41-32(40)35-30(21-25-7-5-4-6-8-25)31(39)34-26-15-9-23(10-16-26)13-19-28(37)22-29(38)20-14-24-11-17-27(36)18-12-24/h4-20,30,36H,21-22H2,1-3H3,(H,34,39)(H,35,40)/b19-13+,20-14+/t30-/m1/s1. The van der Waals surface area contributed by atoms with Gasteiger partial charge in [-0.05, 0) is 73.9 Å². The number of hydrogen-bond acceptors (Lipinski definition) is 6. The number of nitrogens with one attached hydrogen (secondary N) is 2. The van der Waals surface area contributed by atoms with Crippen molar-refractivity contribution in [1.82, 2.24) is 5.32 Å². The smallest absolute Gasteiger partial charge is 0.408 e. The molecule has 0 radical (unpaired) electrons. The topological polar surface area (TPSA) is 122 Å². The number of amides is 2. The Labute approximate surface area is 239 Å². The predicted octanol–water partition coefficient (Wildman–Crippen LogP) is 5.72. The molecule has 0 aliphatic heterocycles. The number of hydrogen-bond donors (Lipinski definition) is 3. The van der Waals surface area contributed by atoms with Crippen LogP contribution >= 0.6 is 0 Å². The minimum atomic E-state index is -0.870. The van der Waals surface area contributed by atoms with Crippen molar-refractivity contribution in [1.29, 1.82) is 0 Å². The van der Waals surface area contributed by atoms with Gasteiger partial charge in [0.1, 0.15) is 17.4 Å². The molecule has 0 fully saturated rings. The summed E-state index contributed by atoms with van der Waals surface area (Å²) < 4.78 is 5.33. The SMILES string of the molecule is CC(C)(C)OC(=O)N[C@H](Cc1ccccc1)C(=O)Nc1ccc(/C=C/C(=O)CC(=O)/C=C/c2ccc(O)cc2)cc1. The maximum atomic E-state index is 13.1. The molecule has 2 amide bonds. The Morgan fingerprint density at radius 2 is 1.34 bits per heavy atom. The molecule has 3 N–H and O–H groups in total. The lowest BCUT2D eigenvalue weighted by Gasteiger charge is -2.23. The molecule has 3 aromatic carbocycles. The van der Waals surface area contributed by atoms with E-state index in [1.165, 1.54) is 24.3 Å². The summed E-state index contributed by atoms with van der Waals surface area (Å²) in [5.74, 6) is -0.959. The Morgan fingerprint density at radius 3 is 1.88 bits per heavy atom. The molecule has 3 aromatic rings. The first kappa shape index (κ1) is 30.6. The summed E-state index contributed by atoms with van der Waals surface area (Å²) in [6, 6.07) is 21.6. The number of rotatable bonds is 11. The highest BCUT2D eigenvalue weighted by atomic mass is 16.6. The van der Waals surface area contributed by atoms with Crippen LogP contribution in [0.25, 0.3) is 12.2 Å². The fraction of sp³-hybridized carbons (Fsp3) is 0.212. The summed E-state index contributed by atoms with van der Waals surface area (Å²) >= 11 is 0. The van der Waals surface area contributed by atoms with Gasteiger partial charge in [-0.15, -0.1) is 0 Å². The largest absolute Gasteiger partial charge is 0.508 e. The number of ketones is 2. The van der Waals surface area contributed by atoms with Crippen LogP contribution in [0.2, 0.25) is 0 Å². The molecule has 0 heterocycles. The van der Waals surface area contributed by atoms with Crippen molar-refractivity contribution in [3.8, 4) is 5.75 Å². The van der Waals surface area contributed by atoms with E-state index in [4.69, 9.17) is 4.74 Å². The molecule has 8 heteroatoms. The number of phenolic OH excluding ortho intramolecular Hbond substituents is 1. The number of anilines is 1. The average molecular weight is 555 g/mol. The number of alkyl carbamates (subject to hydrolysis) is 1. The van der Waals surface area contributed by atoms with Crippen LogP contribution in [0, 0.1) is 0 Å². The van der Waals surface area contributed by atoms with Crippen LogP contribution in [0.1, 0.15) is 43.9 Å². The van der Waals surface area contributed by atoms with Crippen molar-refractivity contribution in [3.05, 3.63) is 108 Å². The zero-order chi connectivity index (χ0) is 29.8. The monoisotopic (exact) mass is 554 g/mol. The third-order valence-electron chi connectivity index (χ3n) is 5.63. The molecular weight excluding hydrogens is 520 g/mol. The number of allylic oxidation sites excluding steroid dienone is 2. The van der Waals surface area contributed by atoms with Gasteiger partial charge in [0, 0.05) is 12.1 Å². The van der Waals surface area contributed by atoms with Gasteiger partial charge in [-0.2, -0.15) is 0 Å². The molecule has 212 valence electrons. The Balaban J connectivity index is 1.57. The number of carbonyl (C=O) groups excluding carboxylic acids is 4. The molecule has 0 aliphatic rings. The van der Waals surface area contributed by atoms with Crippen LogP contribution in [-0.4, -0.2) is 40.3 Å². The van der Waals surface area contributed by atoms with Gasteiger partial charge in [-0.1, -0.05) is 66.7 Å². The number of ether oxygens (including phenoxy) is 1. The molecular formula is C33H34N2O6. The van der Waals surface area contributed by atoms with Crippen LogP contribution in [0.3, 0.4) is 0 Å². The first-order chi connectivity index (χ1) is 19.5. The highest BCUT2D eigenvalue weighted by Gasteiger charge is 2.25. The summed E-state index contributed by atoms with van der Waals surface area (Å²) in [7, 11) is 0. The van der Waals surface area contributed by atoms with Crippen molar-refractivity contribution in [3.63, 3.8) is 0 Å². The zero-order valence-corrected chi connectivity index (χ0v) is 23.3. The van der Waals surface area contributed by atoms with E-state index < -0.39 is 23.6 Å².